The van der Waals surface area contributed by atoms with Gasteiger partial charge in [-0.15, -0.1) is 0 Å². The van der Waals surface area contributed by atoms with E-state index in [1.54, 1.807) is 31.0 Å². The third kappa shape index (κ3) is 2.20. The van der Waals surface area contributed by atoms with Crippen LogP contribution in [0.15, 0.2) is 36.7 Å². The minimum absolute atomic E-state index is 0.226. The van der Waals surface area contributed by atoms with Gasteiger partial charge < -0.3 is 4.74 Å². The number of nitrogens with zero attached hydrogens (tertiary/aromatic N) is 2. The van der Waals surface area contributed by atoms with E-state index in [1.807, 2.05) is 0 Å². The standard InChI is InChI=1S/C16H14F2N2O2/c1-9-6-16(2,22-15(9)21)12-5-14(18)13(17)4-11(12)10-7-19-20(3)8-10/h4-5,7-8H,1,6H2,2-3H3/t16-/m0/s1. The number of hydrogen-bond acceptors (Lipinski definition) is 3. The number of cyclic esters (lactones) is 1. The van der Waals surface area contributed by atoms with E-state index in [-0.39, 0.29) is 6.42 Å². The van der Waals surface area contributed by atoms with Gasteiger partial charge in [-0.25, -0.2) is 13.6 Å². The van der Waals surface area contributed by atoms with Crippen molar-refractivity contribution in [3.63, 3.8) is 0 Å². The van der Waals surface area contributed by atoms with E-state index in [9.17, 15) is 13.6 Å². The van der Waals surface area contributed by atoms with Crippen LogP contribution in [-0.2, 0) is 22.2 Å². The summed E-state index contributed by atoms with van der Waals surface area (Å²) >= 11 is 0. The first kappa shape index (κ1) is 14.4. The van der Waals surface area contributed by atoms with Gasteiger partial charge in [-0.05, 0) is 24.6 Å². The molecule has 1 aliphatic heterocycles. The molecule has 1 atom stereocenters. The maximum atomic E-state index is 13.7. The maximum absolute atomic E-state index is 13.7. The number of benzene rings is 1. The van der Waals surface area contributed by atoms with Crippen molar-refractivity contribution in [1.29, 1.82) is 0 Å². The predicted octanol–water partition coefficient (Wildman–Crippen LogP) is 3.08. The number of hydrogen-bond donors (Lipinski definition) is 0. The van der Waals surface area contributed by atoms with Gasteiger partial charge in [0.15, 0.2) is 11.6 Å². The summed E-state index contributed by atoms with van der Waals surface area (Å²) in [7, 11) is 1.72. The van der Waals surface area contributed by atoms with Crippen LogP contribution in [0.2, 0.25) is 0 Å². The highest BCUT2D eigenvalue weighted by Gasteiger charge is 2.42. The molecule has 0 saturated carbocycles. The molecule has 4 nitrogen and oxygen atoms in total. The SMILES string of the molecule is C=C1C[C@@](C)(c2cc(F)c(F)cc2-c2cnn(C)c2)OC1=O. The zero-order valence-electron chi connectivity index (χ0n) is 12.2. The number of rotatable bonds is 2. The summed E-state index contributed by atoms with van der Waals surface area (Å²) in [5.41, 5.74) is 0.687. The molecule has 0 N–H and O–H groups in total. The molecule has 3 rings (SSSR count). The molecule has 22 heavy (non-hydrogen) atoms. The minimum Gasteiger partial charge on any atom is -0.451 e. The first-order chi connectivity index (χ1) is 10.3. The molecule has 0 unspecified atom stereocenters. The van der Waals surface area contributed by atoms with Gasteiger partial charge in [-0.2, -0.15) is 5.10 Å². The number of carbonyl (C=O) groups is 1. The van der Waals surface area contributed by atoms with Crippen molar-refractivity contribution in [2.24, 2.45) is 7.05 Å². The number of halogens is 2. The Morgan fingerprint density at radius 2 is 2.05 bits per heavy atom. The fourth-order valence-electron chi connectivity index (χ4n) is 2.73. The largest absolute Gasteiger partial charge is 0.451 e. The number of carbonyl (C=O) groups excluding carboxylic acids is 1. The Morgan fingerprint density at radius 3 is 2.59 bits per heavy atom. The summed E-state index contributed by atoms with van der Waals surface area (Å²) in [5, 5.41) is 4.04. The van der Waals surface area contributed by atoms with Crippen LogP contribution in [0.5, 0.6) is 0 Å². The molecule has 114 valence electrons. The Kier molecular flexibility index (Phi) is 3.12. The van der Waals surface area contributed by atoms with Crippen molar-refractivity contribution in [2.75, 3.05) is 0 Å². The molecule has 1 aromatic heterocycles. The van der Waals surface area contributed by atoms with Crippen LogP contribution in [-0.4, -0.2) is 15.7 Å². The lowest BCUT2D eigenvalue weighted by molar-refractivity contribution is -0.145. The molecule has 1 fully saturated rings. The van der Waals surface area contributed by atoms with Crippen molar-refractivity contribution >= 4 is 5.97 Å². The molecule has 1 saturated heterocycles. The summed E-state index contributed by atoms with van der Waals surface area (Å²) in [6.45, 7) is 5.31. The average molecular weight is 304 g/mol. The summed E-state index contributed by atoms with van der Waals surface area (Å²) in [6.07, 6.45) is 3.46. The first-order valence-electron chi connectivity index (χ1n) is 6.70. The Labute approximate surface area is 126 Å². The van der Waals surface area contributed by atoms with Gasteiger partial charge >= 0.3 is 5.97 Å². The van der Waals surface area contributed by atoms with E-state index in [2.05, 4.69) is 11.7 Å². The average Bonchev–Trinajstić information content (AvgIpc) is 2.97. The van der Waals surface area contributed by atoms with Crippen LogP contribution < -0.4 is 0 Å². The fraction of sp³-hybridized carbons (Fsp3) is 0.250. The van der Waals surface area contributed by atoms with Crippen molar-refractivity contribution in [3.05, 3.63) is 53.9 Å². The molecule has 1 aromatic carbocycles. The van der Waals surface area contributed by atoms with Crippen LogP contribution >= 0.6 is 0 Å². The Hall–Kier alpha value is -2.50. The summed E-state index contributed by atoms with van der Waals surface area (Å²) in [6, 6.07) is 2.17. The minimum atomic E-state index is -1.08. The molecule has 0 amide bonds. The number of aromatic nitrogens is 2. The Bertz CT molecular complexity index is 779. The van der Waals surface area contributed by atoms with Crippen molar-refractivity contribution < 1.29 is 18.3 Å². The molecule has 6 heteroatoms. The van der Waals surface area contributed by atoms with Crippen LogP contribution in [0.4, 0.5) is 8.78 Å². The number of esters is 1. The second kappa shape index (κ2) is 4.76. The molecule has 0 bridgehead atoms. The quantitative estimate of drug-likeness (QED) is 0.632. The zero-order chi connectivity index (χ0) is 16.1. The normalized spacial score (nSPS) is 21.3. The van der Waals surface area contributed by atoms with Gasteiger partial charge in [-0.1, -0.05) is 6.58 Å². The molecular formula is C16H14F2N2O2. The van der Waals surface area contributed by atoms with Gasteiger partial charge in [0.25, 0.3) is 0 Å². The van der Waals surface area contributed by atoms with Gasteiger partial charge in [0, 0.05) is 36.4 Å². The van der Waals surface area contributed by atoms with Crippen molar-refractivity contribution in [3.8, 4) is 11.1 Å². The maximum Gasteiger partial charge on any atom is 0.334 e. The Balaban J connectivity index is 2.20. The second-order valence-electron chi connectivity index (χ2n) is 5.62. The number of ether oxygens (including phenoxy) is 1. The van der Waals surface area contributed by atoms with Gasteiger partial charge in [0.1, 0.15) is 5.60 Å². The van der Waals surface area contributed by atoms with Crippen LogP contribution in [0, 0.1) is 11.6 Å². The molecule has 0 aliphatic carbocycles. The van der Waals surface area contributed by atoms with Crippen molar-refractivity contribution in [1.82, 2.24) is 9.78 Å². The fourth-order valence-corrected chi connectivity index (χ4v) is 2.73. The second-order valence-corrected chi connectivity index (χ2v) is 5.62. The molecule has 0 spiro atoms. The third-order valence-electron chi connectivity index (χ3n) is 3.80. The van der Waals surface area contributed by atoms with E-state index in [4.69, 9.17) is 4.74 Å². The molecule has 0 radical (unpaired) electrons. The molecule has 2 aromatic rings. The van der Waals surface area contributed by atoms with Gasteiger partial charge in [-0.3, -0.25) is 4.68 Å². The molecule has 1 aliphatic rings. The van der Waals surface area contributed by atoms with E-state index < -0.39 is 23.2 Å². The van der Waals surface area contributed by atoms with Crippen LogP contribution in [0.1, 0.15) is 18.9 Å². The summed E-state index contributed by atoms with van der Waals surface area (Å²) < 4.78 is 34.3. The van der Waals surface area contributed by atoms with Gasteiger partial charge in [0.05, 0.1) is 6.20 Å². The smallest absolute Gasteiger partial charge is 0.334 e. The zero-order valence-corrected chi connectivity index (χ0v) is 12.2. The first-order valence-corrected chi connectivity index (χ1v) is 6.70. The monoisotopic (exact) mass is 304 g/mol. The topological polar surface area (TPSA) is 44.1 Å². The molecule has 2 heterocycles. The van der Waals surface area contributed by atoms with Crippen LogP contribution in [0.3, 0.4) is 0 Å². The van der Waals surface area contributed by atoms with E-state index in [0.717, 1.165) is 12.1 Å². The predicted molar refractivity (Wildman–Crippen MR) is 75.8 cm³/mol. The lowest BCUT2D eigenvalue weighted by Gasteiger charge is -2.25. The lowest BCUT2D eigenvalue weighted by atomic mass is 9.86. The highest BCUT2D eigenvalue weighted by Crippen LogP contribution is 2.43. The lowest BCUT2D eigenvalue weighted by Crippen LogP contribution is -2.22. The Morgan fingerprint density at radius 1 is 1.36 bits per heavy atom. The number of aryl methyl sites for hydroxylation is 1. The highest BCUT2D eigenvalue weighted by atomic mass is 19.2. The highest BCUT2D eigenvalue weighted by molar-refractivity contribution is 5.91. The van der Waals surface area contributed by atoms with Crippen LogP contribution in [0.25, 0.3) is 11.1 Å². The molecular weight excluding hydrogens is 290 g/mol. The van der Waals surface area contributed by atoms with E-state index in [0.29, 0.717) is 22.3 Å². The van der Waals surface area contributed by atoms with Gasteiger partial charge in [0.2, 0.25) is 0 Å². The third-order valence-corrected chi connectivity index (χ3v) is 3.80. The summed E-state index contributed by atoms with van der Waals surface area (Å²) in [4.78, 5) is 11.7. The van der Waals surface area contributed by atoms with E-state index in [1.165, 1.54) is 0 Å². The van der Waals surface area contributed by atoms with E-state index >= 15 is 0 Å². The van der Waals surface area contributed by atoms with Crippen molar-refractivity contribution in [2.45, 2.75) is 18.9 Å². The summed E-state index contributed by atoms with van der Waals surface area (Å²) in [5.74, 6) is -2.48.